The molecule has 120 valence electrons. The Kier molecular flexibility index (Phi) is 7.13. The summed E-state index contributed by atoms with van der Waals surface area (Å²) in [4.78, 5) is 0.182. The van der Waals surface area contributed by atoms with Crippen molar-refractivity contribution in [3.05, 3.63) is 28.8 Å². The Morgan fingerprint density at radius 3 is 2.48 bits per heavy atom. The lowest BCUT2D eigenvalue weighted by molar-refractivity contribution is 0.282. The number of aliphatic hydroxyl groups is 1. The number of halogens is 1. The summed E-state index contributed by atoms with van der Waals surface area (Å²) in [5.74, 6) is 0. The van der Waals surface area contributed by atoms with Crippen molar-refractivity contribution in [2.75, 3.05) is 6.54 Å². The number of sulfonamides is 1. The van der Waals surface area contributed by atoms with Gasteiger partial charge in [0.2, 0.25) is 10.0 Å². The number of rotatable bonds is 8. The molecule has 1 aromatic carbocycles. The van der Waals surface area contributed by atoms with Gasteiger partial charge in [0, 0.05) is 17.6 Å². The van der Waals surface area contributed by atoms with E-state index in [1.54, 1.807) is 10.4 Å². The Morgan fingerprint density at radius 1 is 1.33 bits per heavy atom. The van der Waals surface area contributed by atoms with Crippen molar-refractivity contribution < 1.29 is 13.5 Å². The largest absolute Gasteiger partial charge is 0.392 e. The van der Waals surface area contributed by atoms with E-state index >= 15 is 0 Å². The van der Waals surface area contributed by atoms with Crippen molar-refractivity contribution in [1.82, 2.24) is 4.31 Å². The molecule has 0 amide bonds. The minimum atomic E-state index is -3.56. The fourth-order valence-corrected chi connectivity index (χ4v) is 4.12. The van der Waals surface area contributed by atoms with Gasteiger partial charge in [-0.25, -0.2) is 8.42 Å². The predicted octanol–water partition coefficient (Wildman–Crippen LogP) is 3.42. The highest BCUT2D eigenvalue weighted by Gasteiger charge is 2.28. The monoisotopic (exact) mass is 333 g/mol. The van der Waals surface area contributed by atoms with E-state index in [2.05, 4.69) is 0 Å². The van der Waals surface area contributed by atoms with E-state index in [1.165, 1.54) is 12.1 Å². The molecule has 0 aliphatic heterocycles. The molecule has 4 nitrogen and oxygen atoms in total. The molecule has 6 heteroatoms. The van der Waals surface area contributed by atoms with E-state index in [-0.39, 0.29) is 22.6 Å². The van der Waals surface area contributed by atoms with Gasteiger partial charge in [-0.15, -0.1) is 0 Å². The van der Waals surface area contributed by atoms with Crippen LogP contribution in [0.1, 0.15) is 45.6 Å². The summed E-state index contributed by atoms with van der Waals surface area (Å²) >= 11 is 6.02. The zero-order valence-electron chi connectivity index (χ0n) is 12.8. The molecule has 0 aliphatic rings. The first-order chi connectivity index (χ1) is 9.88. The fraction of sp³-hybridized carbons (Fsp3) is 0.600. The van der Waals surface area contributed by atoms with Crippen LogP contribution in [0.15, 0.2) is 23.1 Å². The van der Waals surface area contributed by atoms with Gasteiger partial charge >= 0.3 is 0 Å². The van der Waals surface area contributed by atoms with Gasteiger partial charge in [-0.1, -0.05) is 37.9 Å². The molecule has 0 spiro atoms. The predicted molar refractivity (Wildman–Crippen MR) is 85.9 cm³/mol. The summed E-state index contributed by atoms with van der Waals surface area (Å²) in [7, 11) is -3.56. The Balaban J connectivity index is 3.18. The molecular formula is C15H24ClNO3S. The highest BCUT2D eigenvalue weighted by atomic mass is 35.5. The molecule has 21 heavy (non-hydrogen) atoms. The fourth-order valence-electron chi connectivity index (χ4n) is 2.05. The second-order valence-electron chi connectivity index (χ2n) is 5.14. The summed E-state index contributed by atoms with van der Waals surface area (Å²) in [6, 6.07) is 4.43. The molecule has 1 aromatic rings. The second-order valence-corrected chi connectivity index (χ2v) is 7.44. The van der Waals surface area contributed by atoms with Crippen LogP contribution in [0.3, 0.4) is 0 Å². The summed E-state index contributed by atoms with van der Waals surface area (Å²) in [6.07, 6.45) is 2.52. The number of benzene rings is 1. The first-order valence-electron chi connectivity index (χ1n) is 7.29. The first kappa shape index (κ1) is 18.4. The molecule has 0 saturated carbocycles. The van der Waals surface area contributed by atoms with Crippen molar-refractivity contribution in [1.29, 1.82) is 0 Å². The third-order valence-electron chi connectivity index (χ3n) is 3.62. The van der Waals surface area contributed by atoms with Crippen LogP contribution in [0.25, 0.3) is 0 Å². The van der Waals surface area contributed by atoms with Crippen LogP contribution < -0.4 is 0 Å². The smallest absolute Gasteiger partial charge is 0.243 e. The zero-order chi connectivity index (χ0) is 16.0. The van der Waals surface area contributed by atoms with Crippen molar-refractivity contribution in [3.63, 3.8) is 0 Å². The maximum Gasteiger partial charge on any atom is 0.243 e. The minimum Gasteiger partial charge on any atom is -0.392 e. The minimum absolute atomic E-state index is 0.0576. The van der Waals surface area contributed by atoms with E-state index in [0.29, 0.717) is 12.1 Å². The molecule has 1 unspecified atom stereocenters. The summed E-state index contributed by atoms with van der Waals surface area (Å²) in [6.45, 7) is 6.23. The van der Waals surface area contributed by atoms with Crippen LogP contribution in [0.2, 0.25) is 5.02 Å². The highest BCUT2D eigenvalue weighted by molar-refractivity contribution is 7.89. The first-order valence-corrected chi connectivity index (χ1v) is 9.11. The molecule has 0 aliphatic carbocycles. The molecule has 0 fully saturated rings. The lowest BCUT2D eigenvalue weighted by atomic mass is 10.2. The average Bonchev–Trinajstić information content (AvgIpc) is 2.46. The summed E-state index contributed by atoms with van der Waals surface area (Å²) < 4.78 is 27.1. The lowest BCUT2D eigenvalue weighted by Gasteiger charge is -2.27. The summed E-state index contributed by atoms with van der Waals surface area (Å²) in [5.41, 5.74) is 0.527. The Hall–Kier alpha value is -0.620. The van der Waals surface area contributed by atoms with Crippen molar-refractivity contribution in [2.45, 2.75) is 57.6 Å². The van der Waals surface area contributed by atoms with Gasteiger partial charge in [0.1, 0.15) is 0 Å². The highest BCUT2D eigenvalue weighted by Crippen LogP contribution is 2.25. The number of hydrogen-bond acceptors (Lipinski definition) is 3. The topological polar surface area (TPSA) is 57.6 Å². The molecule has 1 rings (SSSR count). The third-order valence-corrected chi connectivity index (χ3v) is 5.98. The zero-order valence-corrected chi connectivity index (χ0v) is 14.4. The second kappa shape index (κ2) is 8.13. The molecule has 1 atom stereocenters. The number of nitrogens with zero attached hydrogens (tertiary/aromatic N) is 1. The summed E-state index contributed by atoms with van der Waals surface area (Å²) in [5, 5.41) is 9.40. The SMILES string of the molecule is CCCCN(C(C)CC)S(=O)(=O)c1ccc(CO)c(Cl)c1. The normalized spacial score (nSPS) is 13.6. The van der Waals surface area contributed by atoms with E-state index in [0.717, 1.165) is 19.3 Å². The Labute approximate surface area is 132 Å². The van der Waals surface area contributed by atoms with Crippen LogP contribution in [0.4, 0.5) is 0 Å². The van der Waals surface area contributed by atoms with Crippen LogP contribution >= 0.6 is 11.6 Å². The standard InChI is InChI=1S/C15H24ClNO3S/c1-4-6-9-17(12(3)5-2)21(19,20)14-8-7-13(11-18)15(16)10-14/h7-8,10,12,18H,4-6,9,11H2,1-3H3. The van der Waals surface area contributed by atoms with E-state index in [4.69, 9.17) is 16.7 Å². The number of unbranched alkanes of at least 4 members (excludes halogenated alkanes) is 1. The van der Waals surface area contributed by atoms with Crippen LogP contribution in [-0.4, -0.2) is 30.4 Å². The Morgan fingerprint density at radius 2 is 2.00 bits per heavy atom. The molecule has 1 N–H and O–H groups in total. The number of hydrogen-bond donors (Lipinski definition) is 1. The lowest BCUT2D eigenvalue weighted by Crippen LogP contribution is -2.39. The quantitative estimate of drug-likeness (QED) is 0.793. The maximum atomic E-state index is 12.8. The van der Waals surface area contributed by atoms with E-state index in [9.17, 15) is 8.42 Å². The van der Waals surface area contributed by atoms with E-state index in [1.807, 2.05) is 20.8 Å². The van der Waals surface area contributed by atoms with Gasteiger partial charge < -0.3 is 5.11 Å². The van der Waals surface area contributed by atoms with Gasteiger partial charge in [0.05, 0.1) is 11.5 Å². The molecule has 0 aromatic heterocycles. The van der Waals surface area contributed by atoms with E-state index < -0.39 is 10.0 Å². The maximum absolute atomic E-state index is 12.8. The van der Waals surface area contributed by atoms with Gasteiger partial charge in [-0.05, 0) is 37.5 Å². The third kappa shape index (κ3) is 4.42. The van der Waals surface area contributed by atoms with Crippen molar-refractivity contribution in [2.24, 2.45) is 0 Å². The van der Waals surface area contributed by atoms with Gasteiger partial charge in [-0.2, -0.15) is 4.31 Å². The van der Waals surface area contributed by atoms with Gasteiger partial charge in [0.25, 0.3) is 0 Å². The Bertz CT molecular complexity index is 560. The van der Waals surface area contributed by atoms with Gasteiger partial charge in [-0.3, -0.25) is 0 Å². The average molecular weight is 334 g/mol. The van der Waals surface area contributed by atoms with Crippen molar-refractivity contribution in [3.8, 4) is 0 Å². The molecule has 0 saturated heterocycles. The molecule has 0 heterocycles. The molecule has 0 radical (unpaired) electrons. The molecule has 0 bridgehead atoms. The van der Waals surface area contributed by atoms with Crippen LogP contribution in [0.5, 0.6) is 0 Å². The van der Waals surface area contributed by atoms with Crippen molar-refractivity contribution >= 4 is 21.6 Å². The van der Waals surface area contributed by atoms with Crippen LogP contribution in [0, 0.1) is 0 Å². The molecular weight excluding hydrogens is 310 g/mol. The van der Waals surface area contributed by atoms with Crippen LogP contribution in [-0.2, 0) is 16.6 Å². The number of aliphatic hydroxyl groups excluding tert-OH is 1. The van der Waals surface area contributed by atoms with Gasteiger partial charge in [0.15, 0.2) is 0 Å².